The molecule has 0 bridgehead atoms. The lowest BCUT2D eigenvalue weighted by Gasteiger charge is -2.32. The first-order chi connectivity index (χ1) is 16.8. The number of pyridine rings is 1. The Balaban J connectivity index is 0.000000655. The zero-order chi connectivity index (χ0) is 25.8. The van der Waals surface area contributed by atoms with Crippen LogP contribution in [0, 0.1) is 18.3 Å². The van der Waals surface area contributed by atoms with E-state index in [4.69, 9.17) is 19.8 Å². The Kier molecular flexibility index (Phi) is 10.5. The van der Waals surface area contributed by atoms with Crippen molar-refractivity contribution in [2.75, 3.05) is 51.7 Å². The molecule has 2 unspecified atom stereocenters. The summed E-state index contributed by atoms with van der Waals surface area (Å²) < 4.78 is 0. The molecule has 2 aliphatic rings. The first kappa shape index (κ1) is 27.6. The highest BCUT2D eigenvalue weighted by atomic mass is 16.3. The van der Waals surface area contributed by atoms with Crippen LogP contribution in [0.15, 0.2) is 36.7 Å². The van der Waals surface area contributed by atoms with Crippen LogP contribution in [0.2, 0.25) is 0 Å². The number of anilines is 1. The molecule has 2 aromatic rings. The van der Waals surface area contributed by atoms with Crippen LogP contribution in [-0.4, -0.2) is 101 Å². The van der Waals surface area contributed by atoms with Crippen molar-refractivity contribution in [1.82, 2.24) is 25.0 Å². The van der Waals surface area contributed by atoms with Crippen molar-refractivity contribution in [3.05, 3.63) is 47.9 Å². The fourth-order valence-electron chi connectivity index (χ4n) is 4.91. The molecular weight excluding hydrogens is 452 g/mol. The summed E-state index contributed by atoms with van der Waals surface area (Å²) in [6, 6.07) is 8.04. The third-order valence-electron chi connectivity index (χ3n) is 6.20. The number of carbonyl (C=O) groups excluding carboxylic acids is 1. The summed E-state index contributed by atoms with van der Waals surface area (Å²) in [6.07, 6.45) is 4.91. The van der Waals surface area contributed by atoms with Gasteiger partial charge in [0.05, 0.1) is 5.69 Å². The molecule has 0 aromatic carbocycles. The summed E-state index contributed by atoms with van der Waals surface area (Å²) in [5.41, 5.74) is 2.13. The number of hydrogen-bond donors (Lipinski definition) is 2. The zero-order valence-corrected chi connectivity index (χ0v) is 20.4. The third-order valence-corrected chi connectivity index (χ3v) is 6.20. The number of hydrogen-bond acceptors (Lipinski definition) is 8. The normalized spacial score (nSPS) is 20.3. The molecule has 2 aromatic heterocycles. The van der Waals surface area contributed by atoms with E-state index in [1.165, 1.54) is 0 Å². The monoisotopic (exact) mass is 486 g/mol. The van der Waals surface area contributed by atoms with E-state index in [1.807, 2.05) is 31.3 Å². The molecular formula is C24H34N6O5. The predicted molar refractivity (Wildman–Crippen MR) is 130 cm³/mol. The number of nitrogens with zero attached hydrogens (tertiary/aromatic N) is 6. The molecule has 4 rings (SSSR count). The van der Waals surface area contributed by atoms with Crippen molar-refractivity contribution < 1.29 is 24.6 Å². The summed E-state index contributed by atoms with van der Waals surface area (Å²) in [5, 5.41) is 22.4. The lowest BCUT2D eigenvalue weighted by molar-refractivity contribution is -0.130. The SMILES string of the molecule is Cc1ccc(N2CC3CN(C(=O)CCc4cccnc4)CC3(CN(C)C)C2)nn1.O=CO.O=CO. The van der Waals surface area contributed by atoms with Gasteiger partial charge >= 0.3 is 0 Å². The van der Waals surface area contributed by atoms with E-state index in [2.05, 4.69) is 50.0 Å². The lowest BCUT2D eigenvalue weighted by atomic mass is 9.80. The van der Waals surface area contributed by atoms with Gasteiger partial charge in [0, 0.05) is 62.9 Å². The van der Waals surface area contributed by atoms with Gasteiger partial charge in [-0.05, 0) is 51.2 Å². The number of rotatable bonds is 6. The molecule has 2 atom stereocenters. The van der Waals surface area contributed by atoms with E-state index in [1.54, 1.807) is 6.20 Å². The Hall–Kier alpha value is -3.60. The molecule has 190 valence electrons. The van der Waals surface area contributed by atoms with Crippen LogP contribution in [0.5, 0.6) is 0 Å². The van der Waals surface area contributed by atoms with Gasteiger partial charge in [-0.3, -0.25) is 19.4 Å². The Morgan fingerprint density at radius 3 is 2.43 bits per heavy atom. The number of aromatic nitrogens is 3. The Morgan fingerprint density at radius 2 is 1.86 bits per heavy atom. The van der Waals surface area contributed by atoms with Crippen molar-refractivity contribution in [1.29, 1.82) is 0 Å². The van der Waals surface area contributed by atoms with Crippen molar-refractivity contribution in [2.45, 2.75) is 19.8 Å². The van der Waals surface area contributed by atoms with Crippen LogP contribution in [0.25, 0.3) is 0 Å². The van der Waals surface area contributed by atoms with Crippen molar-refractivity contribution >= 4 is 24.7 Å². The molecule has 11 nitrogen and oxygen atoms in total. The molecule has 0 radical (unpaired) electrons. The molecule has 0 spiro atoms. The Morgan fingerprint density at radius 1 is 1.14 bits per heavy atom. The molecule has 35 heavy (non-hydrogen) atoms. The van der Waals surface area contributed by atoms with Crippen molar-refractivity contribution in [2.24, 2.45) is 11.3 Å². The minimum atomic E-state index is -0.250. The fraction of sp³-hybridized carbons (Fsp3) is 0.500. The van der Waals surface area contributed by atoms with Crippen LogP contribution in [0.1, 0.15) is 17.7 Å². The highest BCUT2D eigenvalue weighted by molar-refractivity contribution is 5.77. The topological polar surface area (TPSA) is 140 Å². The largest absolute Gasteiger partial charge is 0.483 e. The Bertz CT molecular complexity index is 937. The van der Waals surface area contributed by atoms with E-state index in [0.717, 1.165) is 56.2 Å². The molecule has 4 heterocycles. The van der Waals surface area contributed by atoms with E-state index < -0.39 is 0 Å². The van der Waals surface area contributed by atoms with Gasteiger partial charge in [0.25, 0.3) is 12.9 Å². The third kappa shape index (κ3) is 7.71. The maximum Gasteiger partial charge on any atom is 0.290 e. The molecule has 0 aliphatic carbocycles. The van der Waals surface area contributed by atoms with E-state index in [9.17, 15) is 4.79 Å². The number of carbonyl (C=O) groups is 3. The molecule has 2 aliphatic heterocycles. The van der Waals surface area contributed by atoms with Crippen LogP contribution >= 0.6 is 0 Å². The highest BCUT2D eigenvalue weighted by Gasteiger charge is 2.53. The number of fused-ring (bicyclic) bond motifs is 1. The first-order valence-electron chi connectivity index (χ1n) is 11.3. The summed E-state index contributed by atoms with van der Waals surface area (Å²) in [7, 11) is 4.24. The standard InChI is InChI=1S/C22H30N6O.2CH2O2/c1-17-6-8-20(25-24-17)27-12-19-13-28(16-22(19,15-27)14-26(2)3)21(29)9-7-18-5-4-10-23-11-18;2*2-1-3/h4-6,8,10-11,19H,7,9,12-16H2,1-3H3;2*1H,(H,2,3). The average molecular weight is 487 g/mol. The van der Waals surface area contributed by atoms with Crippen molar-refractivity contribution in [3.8, 4) is 0 Å². The van der Waals surface area contributed by atoms with Crippen LogP contribution in [0.4, 0.5) is 5.82 Å². The van der Waals surface area contributed by atoms with Gasteiger partial charge in [0.2, 0.25) is 5.91 Å². The number of carboxylic acid groups (broad SMARTS) is 2. The fourth-order valence-corrected chi connectivity index (χ4v) is 4.91. The van der Waals surface area contributed by atoms with Gasteiger partial charge in [0.1, 0.15) is 0 Å². The van der Waals surface area contributed by atoms with E-state index >= 15 is 0 Å². The minimum Gasteiger partial charge on any atom is -0.483 e. The molecule has 0 saturated carbocycles. The molecule has 11 heteroatoms. The van der Waals surface area contributed by atoms with Gasteiger partial charge in [-0.15, -0.1) is 5.10 Å². The molecule has 2 fully saturated rings. The number of aryl methyl sites for hydroxylation is 2. The second-order valence-electron chi connectivity index (χ2n) is 9.06. The molecule has 2 saturated heterocycles. The Labute approximate surface area is 205 Å². The quantitative estimate of drug-likeness (QED) is 0.569. The smallest absolute Gasteiger partial charge is 0.290 e. The predicted octanol–water partition coefficient (Wildman–Crippen LogP) is 1.04. The maximum atomic E-state index is 12.9. The van der Waals surface area contributed by atoms with Gasteiger partial charge in [-0.1, -0.05) is 6.07 Å². The summed E-state index contributed by atoms with van der Waals surface area (Å²) in [6.45, 7) is 5.92. The van der Waals surface area contributed by atoms with Crippen LogP contribution in [-0.2, 0) is 20.8 Å². The maximum absolute atomic E-state index is 12.9. The van der Waals surface area contributed by atoms with E-state index in [0.29, 0.717) is 12.3 Å². The van der Waals surface area contributed by atoms with Gasteiger partial charge < -0.3 is 24.9 Å². The number of amides is 1. The van der Waals surface area contributed by atoms with Gasteiger partial charge in [0.15, 0.2) is 5.82 Å². The van der Waals surface area contributed by atoms with Crippen LogP contribution < -0.4 is 4.90 Å². The molecule has 2 N–H and O–H groups in total. The van der Waals surface area contributed by atoms with Gasteiger partial charge in [-0.2, -0.15) is 5.10 Å². The van der Waals surface area contributed by atoms with Crippen molar-refractivity contribution in [3.63, 3.8) is 0 Å². The number of likely N-dealkylation sites (tertiary alicyclic amines) is 1. The second kappa shape index (κ2) is 13.3. The highest BCUT2D eigenvalue weighted by Crippen LogP contribution is 2.44. The lowest BCUT2D eigenvalue weighted by Crippen LogP contribution is -2.43. The van der Waals surface area contributed by atoms with E-state index in [-0.39, 0.29) is 24.3 Å². The minimum absolute atomic E-state index is 0.0834. The van der Waals surface area contributed by atoms with Gasteiger partial charge in [-0.25, -0.2) is 0 Å². The molecule has 1 amide bonds. The average Bonchev–Trinajstić information content (AvgIpc) is 3.33. The summed E-state index contributed by atoms with van der Waals surface area (Å²) in [4.78, 5) is 40.5. The zero-order valence-electron chi connectivity index (χ0n) is 20.4. The summed E-state index contributed by atoms with van der Waals surface area (Å²) >= 11 is 0. The second-order valence-corrected chi connectivity index (χ2v) is 9.06. The van der Waals surface area contributed by atoms with Crippen LogP contribution in [0.3, 0.4) is 0 Å². The first-order valence-corrected chi connectivity index (χ1v) is 11.3. The summed E-state index contributed by atoms with van der Waals surface area (Å²) in [5.74, 6) is 1.65.